The molecule has 0 saturated heterocycles. The number of hydrogen-bond donors (Lipinski definition) is 1. The van der Waals surface area contributed by atoms with E-state index in [0.717, 1.165) is 4.31 Å². The van der Waals surface area contributed by atoms with Crippen molar-refractivity contribution < 1.29 is 27.5 Å². The molecule has 3 aromatic rings. The molecule has 0 fully saturated rings. The van der Waals surface area contributed by atoms with Gasteiger partial charge in [0.1, 0.15) is 16.4 Å². The highest BCUT2D eigenvalue weighted by Gasteiger charge is 2.42. The van der Waals surface area contributed by atoms with Gasteiger partial charge in [-0.15, -0.1) is 0 Å². The molecule has 186 valence electrons. The van der Waals surface area contributed by atoms with E-state index in [2.05, 4.69) is 5.32 Å². The lowest BCUT2D eigenvalue weighted by molar-refractivity contribution is -0.122. The third kappa shape index (κ3) is 4.80. The second-order valence-corrected chi connectivity index (χ2v) is 10.2. The molecule has 1 aliphatic rings. The quantitative estimate of drug-likeness (QED) is 0.478. The molecule has 0 aliphatic carbocycles. The first-order chi connectivity index (χ1) is 17.1. The minimum absolute atomic E-state index is 0.0263. The lowest BCUT2D eigenvalue weighted by Crippen LogP contribution is -2.30. The summed E-state index contributed by atoms with van der Waals surface area (Å²) in [6, 6.07) is 17.7. The third-order valence-corrected chi connectivity index (χ3v) is 7.91. The number of benzene rings is 3. The summed E-state index contributed by atoms with van der Waals surface area (Å²) in [5.74, 6) is 0.0492. The van der Waals surface area contributed by atoms with E-state index in [1.165, 1.54) is 21.1 Å². The van der Waals surface area contributed by atoms with Crippen LogP contribution < -0.4 is 14.8 Å². The summed E-state index contributed by atoms with van der Waals surface area (Å²) >= 11 is 6.02. The fourth-order valence-electron chi connectivity index (χ4n) is 3.86. The van der Waals surface area contributed by atoms with Gasteiger partial charge in [-0.2, -0.15) is 0 Å². The van der Waals surface area contributed by atoms with Gasteiger partial charge >= 0.3 is 0 Å². The van der Waals surface area contributed by atoms with Gasteiger partial charge in [-0.1, -0.05) is 23.7 Å². The number of hydrogen-bond acceptors (Lipinski definition) is 6. The van der Waals surface area contributed by atoms with Crippen LogP contribution in [0.3, 0.4) is 0 Å². The van der Waals surface area contributed by atoms with Gasteiger partial charge in [0.15, 0.2) is 0 Å². The summed E-state index contributed by atoms with van der Waals surface area (Å²) in [5, 5.41) is 3.19. The van der Waals surface area contributed by atoms with E-state index >= 15 is 0 Å². The number of nitrogens with one attached hydrogen (secondary N) is 1. The molecule has 2 amide bonds. The molecule has 1 heterocycles. The number of sulfonamides is 1. The Morgan fingerprint density at radius 1 is 0.972 bits per heavy atom. The van der Waals surface area contributed by atoms with E-state index in [0.29, 0.717) is 38.9 Å². The second kappa shape index (κ2) is 10.0. The highest BCUT2D eigenvalue weighted by Crippen LogP contribution is 2.37. The van der Waals surface area contributed by atoms with Crippen molar-refractivity contribution in [3.63, 3.8) is 0 Å². The Labute approximate surface area is 214 Å². The molecule has 36 heavy (non-hydrogen) atoms. The van der Waals surface area contributed by atoms with Crippen LogP contribution in [0.1, 0.15) is 28.4 Å². The zero-order valence-electron chi connectivity index (χ0n) is 19.7. The first kappa shape index (κ1) is 25.3. The Kier molecular flexibility index (Phi) is 7.05. The highest BCUT2D eigenvalue weighted by molar-refractivity contribution is 7.99. The first-order valence-electron chi connectivity index (χ1n) is 10.8. The number of methoxy groups -OCH3 is 2. The van der Waals surface area contributed by atoms with Crippen molar-refractivity contribution in [1.29, 1.82) is 0 Å². The zero-order chi connectivity index (χ0) is 26.0. The predicted octanol–water partition coefficient (Wildman–Crippen LogP) is 4.71. The van der Waals surface area contributed by atoms with Crippen LogP contribution in [0.25, 0.3) is 4.91 Å². The number of carbonyl (C=O) groups is 2. The first-order valence-corrected chi connectivity index (χ1v) is 12.6. The van der Waals surface area contributed by atoms with Crippen LogP contribution >= 0.6 is 11.6 Å². The second-order valence-electron chi connectivity index (χ2n) is 8.00. The van der Waals surface area contributed by atoms with Crippen LogP contribution in [0.4, 0.5) is 5.69 Å². The standard InChI is InChI=1S/C26H23ClN2O6S/c1-16-24(18-8-11-21(34-2)12-9-18)36(32,33)29(26(16)31)15-17-4-6-19(7-5-17)25(30)28-22-14-20(27)10-13-23(22)35-3/h4-14H,15H2,1-3H3,(H,28,30). The molecule has 0 spiro atoms. The number of carbonyl (C=O) groups excluding carboxylic acids is 2. The van der Waals surface area contributed by atoms with Gasteiger partial charge in [0.2, 0.25) is 0 Å². The van der Waals surface area contributed by atoms with E-state index in [-0.39, 0.29) is 17.0 Å². The van der Waals surface area contributed by atoms with E-state index in [1.54, 1.807) is 66.7 Å². The Morgan fingerprint density at radius 3 is 2.25 bits per heavy atom. The van der Waals surface area contributed by atoms with Crippen molar-refractivity contribution in [2.45, 2.75) is 13.5 Å². The van der Waals surface area contributed by atoms with Crippen molar-refractivity contribution in [1.82, 2.24) is 4.31 Å². The van der Waals surface area contributed by atoms with Gasteiger partial charge < -0.3 is 14.8 Å². The van der Waals surface area contributed by atoms with E-state index in [1.807, 2.05) is 0 Å². The van der Waals surface area contributed by atoms with Crippen LogP contribution in [0.5, 0.6) is 11.5 Å². The predicted molar refractivity (Wildman–Crippen MR) is 137 cm³/mol. The molecule has 1 aliphatic heterocycles. The summed E-state index contributed by atoms with van der Waals surface area (Å²) in [4.78, 5) is 25.6. The molecule has 0 bridgehead atoms. The molecule has 3 aromatic carbocycles. The molecule has 0 atom stereocenters. The zero-order valence-corrected chi connectivity index (χ0v) is 21.3. The number of amides is 2. The van der Waals surface area contributed by atoms with Crippen molar-refractivity contribution in [2.24, 2.45) is 0 Å². The smallest absolute Gasteiger partial charge is 0.268 e. The molecule has 10 heteroatoms. The Hall–Kier alpha value is -3.82. The Morgan fingerprint density at radius 2 is 1.64 bits per heavy atom. The lowest BCUT2D eigenvalue weighted by atomic mass is 10.1. The SMILES string of the molecule is COc1ccc(C2=C(C)C(=O)N(Cc3ccc(C(=O)Nc4cc(Cl)ccc4OC)cc3)S2(=O)=O)cc1. The van der Waals surface area contributed by atoms with Gasteiger partial charge in [0.05, 0.1) is 26.5 Å². The number of rotatable bonds is 7. The molecule has 8 nitrogen and oxygen atoms in total. The largest absolute Gasteiger partial charge is 0.497 e. The summed E-state index contributed by atoms with van der Waals surface area (Å²) in [5.41, 5.74) is 1.86. The van der Waals surface area contributed by atoms with Crippen molar-refractivity contribution >= 4 is 44.0 Å². The molecular formula is C26H23ClN2O6S. The van der Waals surface area contributed by atoms with Crippen LogP contribution in [-0.4, -0.2) is 38.8 Å². The van der Waals surface area contributed by atoms with Crippen molar-refractivity contribution in [3.05, 3.63) is 94.0 Å². The van der Waals surface area contributed by atoms with Crippen molar-refractivity contribution in [3.8, 4) is 11.5 Å². The molecule has 1 N–H and O–H groups in total. The fraction of sp³-hybridized carbons (Fsp3) is 0.154. The van der Waals surface area contributed by atoms with Crippen LogP contribution in [-0.2, 0) is 21.4 Å². The third-order valence-electron chi connectivity index (χ3n) is 5.74. The topological polar surface area (TPSA) is 102 Å². The highest BCUT2D eigenvalue weighted by atomic mass is 35.5. The molecule has 0 aromatic heterocycles. The van der Waals surface area contributed by atoms with Gasteiger partial charge in [-0.05, 0) is 72.6 Å². The molecule has 0 unspecified atom stereocenters. The molecule has 0 saturated carbocycles. The lowest BCUT2D eigenvalue weighted by Gasteiger charge is -2.17. The minimum atomic E-state index is -4.06. The summed E-state index contributed by atoms with van der Waals surface area (Å²) in [6.45, 7) is 1.33. The summed E-state index contributed by atoms with van der Waals surface area (Å²) in [6.07, 6.45) is 0. The summed E-state index contributed by atoms with van der Waals surface area (Å²) in [7, 11) is -1.06. The Balaban J connectivity index is 1.52. The van der Waals surface area contributed by atoms with E-state index < -0.39 is 21.8 Å². The van der Waals surface area contributed by atoms with E-state index in [9.17, 15) is 18.0 Å². The maximum Gasteiger partial charge on any atom is 0.268 e. The number of ether oxygens (including phenoxy) is 2. The van der Waals surface area contributed by atoms with Gasteiger partial charge in [0.25, 0.3) is 21.8 Å². The average Bonchev–Trinajstić information content (AvgIpc) is 3.03. The van der Waals surface area contributed by atoms with Crippen LogP contribution in [0, 0.1) is 0 Å². The van der Waals surface area contributed by atoms with Gasteiger partial charge in [-0.3, -0.25) is 9.59 Å². The van der Waals surface area contributed by atoms with Gasteiger partial charge in [0, 0.05) is 16.2 Å². The number of anilines is 1. The van der Waals surface area contributed by atoms with Gasteiger partial charge in [-0.25, -0.2) is 12.7 Å². The van der Waals surface area contributed by atoms with Crippen LogP contribution in [0.2, 0.25) is 5.02 Å². The monoisotopic (exact) mass is 526 g/mol. The Bertz CT molecular complexity index is 1470. The molecular weight excluding hydrogens is 504 g/mol. The van der Waals surface area contributed by atoms with Crippen LogP contribution in [0.15, 0.2) is 72.3 Å². The maximum absolute atomic E-state index is 13.3. The maximum atomic E-state index is 13.3. The molecule has 0 radical (unpaired) electrons. The number of nitrogens with zero attached hydrogens (tertiary/aromatic N) is 1. The normalized spacial score (nSPS) is 14.7. The summed E-state index contributed by atoms with van der Waals surface area (Å²) < 4.78 is 37.7. The van der Waals surface area contributed by atoms with E-state index in [4.69, 9.17) is 21.1 Å². The van der Waals surface area contributed by atoms with Crippen molar-refractivity contribution in [2.75, 3.05) is 19.5 Å². The number of halogens is 1. The fourth-order valence-corrected chi connectivity index (χ4v) is 5.84. The average molecular weight is 527 g/mol. The molecule has 4 rings (SSSR count). The minimum Gasteiger partial charge on any atom is -0.497 e.